The van der Waals surface area contributed by atoms with Crippen LogP contribution in [0.25, 0.3) is 0 Å². The molecule has 29 heavy (non-hydrogen) atoms. The number of piperazine rings is 1. The lowest BCUT2D eigenvalue weighted by Gasteiger charge is -2.36. The zero-order valence-electron chi connectivity index (χ0n) is 16.3. The fraction of sp³-hybridized carbons (Fsp3) is 0.429. The van der Waals surface area contributed by atoms with Crippen LogP contribution in [0.2, 0.25) is 0 Å². The SMILES string of the molecule is CC1SC(c2ccc(F)cc2)N(CCN2CCN(C(=O)c3cccs3)CC2)C1=O. The Balaban J connectivity index is 1.32. The van der Waals surface area contributed by atoms with E-state index in [9.17, 15) is 14.0 Å². The van der Waals surface area contributed by atoms with Gasteiger partial charge < -0.3 is 9.80 Å². The first kappa shape index (κ1) is 20.4. The summed E-state index contributed by atoms with van der Waals surface area (Å²) in [4.78, 5) is 32.0. The van der Waals surface area contributed by atoms with E-state index < -0.39 is 0 Å². The highest BCUT2D eigenvalue weighted by Gasteiger charge is 2.38. The number of amides is 2. The smallest absolute Gasteiger partial charge is 0.264 e. The maximum absolute atomic E-state index is 13.3. The minimum absolute atomic E-state index is 0.0696. The summed E-state index contributed by atoms with van der Waals surface area (Å²) in [5.41, 5.74) is 0.959. The summed E-state index contributed by atoms with van der Waals surface area (Å²) < 4.78 is 13.3. The lowest BCUT2D eigenvalue weighted by Crippen LogP contribution is -2.50. The third kappa shape index (κ3) is 4.49. The Labute approximate surface area is 178 Å². The van der Waals surface area contributed by atoms with Crippen molar-refractivity contribution in [3.8, 4) is 0 Å². The average molecular weight is 434 g/mol. The molecule has 0 saturated carbocycles. The van der Waals surface area contributed by atoms with Crippen LogP contribution in [-0.2, 0) is 4.79 Å². The Morgan fingerprint density at radius 1 is 1.10 bits per heavy atom. The quantitative estimate of drug-likeness (QED) is 0.726. The van der Waals surface area contributed by atoms with E-state index in [0.29, 0.717) is 19.6 Å². The van der Waals surface area contributed by atoms with E-state index in [1.807, 2.05) is 34.2 Å². The largest absolute Gasteiger partial charge is 0.335 e. The Hall–Kier alpha value is -1.90. The van der Waals surface area contributed by atoms with E-state index in [0.717, 1.165) is 30.1 Å². The summed E-state index contributed by atoms with van der Waals surface area (Å²) in [7, 11) is 0. The van der Waals surface area contributed by atoms with Gasteiger partial charge in [0.15, 0.2) is 0 Å². The van der Waals surface area contributed by atoms with Crippen molar-refractivity contribution in [2.75, 3.05) is 39.3 Å². The first-order valence-electron chi connectivity index (χ1n) is 9.79. The number of thiophene rings is 1. The summed E-state index contributed by atoms with van der Waals surface area (Å²) in [5, 5.41) is 1.76. The van der Waals surface area contributed by atoms with Gasteiger partial charge in [-0.3, -0.25) is 14.5 Å². The van der Waals surface area contributed by atoms with E-state index >= 15 is 0 Å². The molecule has 0 N–H and O–H groups in total. The Morgan fingerprint density at radius 3 is 2.48 bits per heavy atom. The average Bonchev–Trinajstić information content (AvgIpc) is 3.36. The van der Waals surface area contributed by atoms with Crippen LogP contribution in [0.3, 0.4) is 0 Å². The highest BCUT2D eigenvalue weighted by molar-refractivity contribution is 8.01. The second-order valence-corrected chi connectivity index (χ2v) is 9.70. The molecule has 3 heterocycles. The van der Waals surface area contributed by atoms with Crippen LogP contribution in [0.1, 0.15) is 27.5 Å². The molecule has 2 aromatic rings. The normalized spacial score (nSPS) is 23.0. The minimum atomic E-state index is -0.266. The van der Waals surface area contributed by atoms with Crippen LogP contribution < -0.4 is 0 Å². The molecule has 0 bridgehead atoms. The van der Waals surface area contributed by atoms with Gasteiger partial charge in [-0.1, -0.05) is 18.2 Å². The topological polar surface area (TPSA) is 43.9 Å². The molecule has 5 nitrogen and oxygen atoms in total. The third-order valence-electron chi connectivity index (χ3n) is 5.45. The number of nitrogens with zero attached hydrogens (tertiary/aromatic N) is 3. The fourth-order valence-corrected chi connectivity index (χ4v) is 5.77. The first-order chi connectivity index (χ1) is 14.0. The maximum atomic E-state index is 13.3. The number of carbonyl (C=O) groups is 2. The summed E-state index contributed by atoms with van der Waals surface area (Å²) in [6.45, 7) is 6.37. The molecule has 154 valence electrons. The molecule has 4 rings (SSSR count). The molecule has 8 heteroatoms. The number of hydrogen-bond acceptors (Lipinski definition) is 5. The Kier molecular flexibility index (Phi) is 6.22. The van der Waals surface area contributed by atoms with Crippen LogP contribution in [0.5, 0.6) is 0 Å². The van der Waals surface area contributed by atoms with Crippen LogP contribution in [0.4, 0.5) is 4.39 Å². The van der Waals surface area contributed by atoms with Crippen molar-refractivity contribution < 1.29 is 14.0 Å². The summed E-state index contributed by atoms with van der Waals surface area (Å²) in [5.74, 6) is -0.0237. The Bertz CT molecular complexity index is 851. The first-order valence-corrected chi connectivity index (χ1v) is 11.6. The van der Waals surface area contributed by atoms with Gasteiger partial charge in [0.1, 0.15) is 11.2 Å². The van der Waals surface area contributed by atoms with E-state index in [4.69, 9.17) is 0 Å². The summed E-state index contributed by atoms with van der Waals surface area (Å²) in [6.07, 6.45) is 0. The second kappa shape index (κ2) is 8.85. The molecule has 2 unspecified atom stereocenters. The number of benzene rings is 1. The third-order valence-corrected chi connectivity index (χ3v) is 7.70. The molecule has 2 amide bonds. The standard InChI is InChI=1S/C21H24FN3O2S2/c1-15-19(26)25(21(29-15)16-4-6-17(22)7-5-16)13-10-23-8-11-24(12-9-23)20(27)18-3-2-14-28-18/h2-7,14-15,21H,8-13H2,1H3. The van der Waals surface area contributed by atoms with Gasteiger partial charge in [0.25, 0.3) is 5.91 Å². The zero-order valence-corrected chi connectivity index (χ0v) is 17.9. The van der Waals surface area contributed by atoms with E-state index in [-0.39, 0.29) is 28.3 Å². The predicted octanol–water partition coefficient (Wildman–Crippen LogP) is 3.31. The van der Waals surface area contributed by atoms with Crippen LogP contribution in [-0.4, -0.2) is 71.0 Å². The van der Waals surface area contributed by atoms with Crippen LogP contribution in [0.15, 0.2) is 41.8 Å². The summed E-state index contributed by atoms with van der Waals surface area (Å²) >= 11 is 3.09. The number of hydrogen-bond donors (Lipinski definition) is 0. The van der Waals surface area contributed by atoms with Gasteiger partial charge >= 0.3 is 0 Å². The fourth-order valence-electron chi connectivity index (χ4n) is 3.77. The van der Waals surface area contributed by atoms with Gasteiger partial charge in [0.05, 0.1) is 10.1 Å². The molecule has 2 aliphatic rings. The molecule has 0 radical (unpaired) electrons. The minimum Gasteiger partial charge on any atom is -0.335 e. The van der Waals surface area contributed by atoms with Crippen molar-refractivity contribution in [1.29, 1.82) is 0 Å². The summed E-state index contributed by atoms with van der Waals surface area (Å²) in [6, 6.07) is 10.2. The molecule has 0 spiro atoms. The van der Waals surface area contributed by atoms with Crippen molar-refractivity contribution in [2.24, 2.45) is 0 Å². The molecule has 2 saturated heterocycles. The molecule has 1 aromatic heterocycles. The molecule has 2 aliphatic heterocycles. The molecule has 2 atom stereocenters. The maximum Gasteiger partial charge on any atom is 0.264 e. The highest BCUT2D eigenvalue weighted by Crippen LogP contribution is 2.42. The monoisotopic (exact) mass is 433 g/mol. The number of thioether (sulfide) groups is 1. The number of halogens is 1. The predicted molar refractivity (Wildman–Crippen MR) is 115 cm³/mol. The van der Waals surface area contributed by atoms with Gasteiger partial charge in [-0.2, -0.15) is 0 Å². The van der Waals surface area contributed by atoms with E-state index in [1.165, 1.54) is 23.5 Å². The van der Waals surface area contributed by atoms with Gasteiger partial charge in [0.2, 0.25) is 5.91 Å². The van der Waals surface area contributed by atoms with Gasteiger partial charge in [-0.25, -0.2) is 4.39 Å². The van der Waals surface area contributed by atoms with Crippen molar-refractivity contribution in [1.82, 2.24) is 14.7 Å². The molecular formula is C21H24FN3O2S2. The van der Waals surface area contributed by atoms with Crippen molar-refractivity contribution in [3.05, 3.63) is 58.0 Å². The molecular weight excluding hydrogens is 409 g/mol. The molecule has 0 aliphatic carbocycles. The highest BCUT2D eigenvalue weighted by atomic mass is 32.2. The van der Waals surface area contributed by atoms with E-state index in [2.05, 4.69) is 4.90 Å². The molecule has 2 fully saturated rings. The van der Waals surface area contributed by atoms with Gasteiger partial charge in [-0.05, 0) is 36.1 Å². The van der Waals surface area contributed by atoms with Crippen molar-refractivity contribution in [2.45, 2.75) is 17.5 Å². The van der Waals surface area contributed by atoms with Crippen LogP contribution >= 0.6 is 23.1 Å². The molecule has 1 aromatic carbocycles. The van der Waals surface area contributed by atoms with Crippen molar-refractivity contribution in [3.63, 3.8) is 0 Å². The number of rotatable bonds is 5. The van der Waals surface area contributed by atoms with Crippen LogP contribution in [0, 0.1) is 5.82 Å². The Morgan fingerprint density at radius 2 is 1.83 bits per heavy atom. The van der Waals surface area contributed by atoms with Gasteiger partial charge in [-0.15, -0.1) is 23.1 Å². The number of carbonyl (C=O) groups excluding carboxylic acids is 2. The second-order valence-electron chi connectivity index (χ2n) is 7.32. The lowest BCUT2D eigenvalue weighted by molar-refractivity contribution is -0.130. The van der Waals surface area contributed by atoms with Crippen molar-refractivity contribution >= 4 is 34.9 Å². The van der Waals surface area contributed by atoms with E-state index in [1.54, 1.807) is 23.9 Å². The van der Waals surface area contributed by atoms with Gasteiger partial charge in [0, 0.05) is 39.3 Å². The lowest BCUT2D eigenvalue weighted by atomic mass is 10.2. The zero-order chi connectivity index (χ0) is 20.4.